The normalized spacial score (nSPS) is 13.6. The summed E-state index contributed by atoms with van der Waals surface area (Å²) in [7, 11) is 0. The fourth-order valence-corrected chi connectivity index (χ4v) is 2.85. The van der Waals surface area contributed by atoms with E-state index in [4.69, 9.17) is 0 Å². The molecule has 0 heterocycles. The van der Waals surface area contributed by atoms with Crippen LogP contribution in [0.25, 0.3) is 0 Å². The molecule has 1 atom stereocenters. The van der Waals surface area contributed by atoms with Gasteiger partial charge in [-0.15, -0.1) is 0 Å². The van der Waals surface area contributed by atoms with Crippen molar-refractivity contribution in [3.8, 4) is 0 Å². The summed E-state index contributed by atoms with van der Waals surface area (Å²) in [5, 5.41) is 3.69. The molecule has 1 aromatic rings. The molecular formula is C18H31N. The zero-order chi connectivity index (χ0) is 14.6. The fraction of sp³-hybridized carbons (Fsp3) is 0.667. The van der Waals surface area contributed by atoms with Crippen molar-refractivity contribution >= 4 is 0 Å². The maximum absolute atomic E-state index is 3.69. The van der Waals surface area contributed by atoms with Crippen molar-refractivity contribution in [3.05, 3.63) is 34.4 Å². The quantitative estimate of drug-likeness (QED) is 0.791. The van der Waals surface area contributed by atoms with Crippen LogP contribution in [0.15, 0.2) is 12.1 Å². The van der Waals surface area contributed by atoms with Crippen molar-refractivity contribution in [1.82, 2.24) is 5.32 Å². The van der Waals surface area contributed by atoms with Crippen LogP contribution in [0, 0.1) is 26.2 Å². The van der Waals surface area contributed by atoms with Gasteiger partial charge < -0.3 is 5.32 Å². The number of hydrogen-bond donors (Lipinski definition) is 1. The van der Waals surface area contributed by atoms with Gasteiger partial charge in [-0.1, -0.05) is 45.4 Å². The summed E-state index contributed by atoms with van der Waals surface area (Å²) in [6.45, 7) is 17.0. The molecule has 0 aromatic heterocycles. The van der Waals surface area contributed by atoms with E-state index in [-0.39, 0.29) is 0 Å². The molecule has 0 saturated heterocycles. The van der Waals surface area contributed by atoms with Crippen molar-refractivity contribution in [2.75, 3.05) is 6.54 Å². The highest BCUT2D eigenvalue weighted by Gasteiger charge is 2.27. The molecule has 0 bridgehead atoms. The van der Waals surface area contributed by atoms with Gasteiger partial charge in [-0.3, -0.25) is 0 Å². The second kappa shape index (κ2) is 6.56. The van der Waals surface area contributed by atoms with Crippen molar-refractivity contribution in [2.45, 2.75) is 67.3 Å². The maximum Gasteiger partial charge on any atom is 0.0159 e. The van der Waals surface area contributed by atoms with Gasteiger partial charge in [-0.25, -0.2) is 0 Å². The molecule has 1 unspecified atom stereocenters. The lowest BCUT2D eigenvalue weighted by molar-refractivity contribution is 0.232. The van der Waals surface area contributed by atoms with Crippen LogP contribution in [-0.2, 0) is 6.42 Å². The lowest BCUT2D eigenvalue weighted by atomic mass is 9.77. The Kier molecular flexibility index (Phi) is 5.61. The van der Waals surface area contributed by atoms with Crippen LogP contribution in [0.2, 0.25) is 0 Å². The minimum atomic E-state index is 0.333. The molecule has 0 aliphatic rings. The Labute approximate surface area is 119 Å². The third-order valence-corrected chi connectivity index (χ3v) is 4.55. The first-order valence-electron chi connectivity index (χ1n) is 7.62. The summed E-state index contributed by atoms with van der Waals surface area (Å²) in [6, 6.07) is 5.16. The Hall–Kier alpha value is -0.820. The first kappa shape index (κ1) is 16.2. The van der Waals surface area contributed by atoms with E-state index in [0.29, 0.717) is 11.5 Å². The Balaban J connectivity index is 3.04. The zero-order valence-corrected chi connectivity index (χ0v) is 13.9. The molecule has 0 aliphatic heterocycles. The Bertz CT molecular complexity index is 395. The highest BCUT2D eigenvalue weighted by atomic mass is 14.9. The standard InChI is InChI=1S/C18H31N/c1-8-18(6,7)17(19-9-2)12-16-14(4)10-13(3)11-15(16)5/h10-11,17,19H,8-9,12H2,1-7H3. The Morgan fingerprint density at radius 2 is 1.58 bits per heavy atom. The van der Waals surface area contributed by atoms with Crippen molar-refractivity contribution in [3.63, 3.8) is 0 Å². The van der Waals surface area contributed by atoms with Crippen LogP contribution in [-0.4, -0.2) is 12.6 Å². The van der Waals surface area contributed by atoms with Crippen LogP contribution in [0.5, 0.6) is 0 Å². The summed E-state index contributed by atoms with van der Waals surface area (Å²) in [4.78, 5) is 0. The number of rotatable bonds is 6. The number of nitrogens with one attached hydrogen (secondary N) is 1. The topological polar surface area (TPSA) is 12.0 Å². The predicted molar refractivity (Wildman–Crippen MR) is 85.9 cm³/mol. The molecule has 1 heteroatoms. The third-order valence-electron chi connectivity index (χ3n) is 4.55. The highest BCUT2D eigenvalue weighted by molar-refractivity contribution is 5.38. The van der Waals surface area contributed by atoms with Crippen molar-refractivity contribution in [2.24, 2.45) is 5.41 Å². The maximum atomic E-state index is 3.69. The largest absolute Gasteiger partial charge is 0.313 e. The minimum absolute atomic E-state index is 0.333. The summed E-state index contributed by atoms with van der Waals surface area (Å²) in [5.74, 6) is 0. The van der Waals surface area contributed by atoms with Crippen molar-refractivity contribution in [1.29, 1.82) is 0 Å². The number of aryl methyl sites for hydroxylation is 3. The summed E-state index contributed by atoms with van der Waals surface area (Å²) < 4.78 is 0. The molecule has 0 saturated carbocycles. The summed E-state index contributed by atoms with van der Waals surface area (Å²) in [5.41, 5.74) is 6.10. The predicted octanol–water partition coefficient (Wildman–Crippen LogP) is 4.57. The van der Waals surface area contributed by atoms with E-state index >= 15 is 0 Å². The number of benzene rings is 1. The van der Waals surface area contributed by atoms with E-state index in [2.05, 4.69) is 65.9 Å². The second-order valence-corrected chi connectivity index (χ2v) is 6.53. The molecule has 19 heavy (non-hydrogen) atoms. The molecule has 0 spiro atoms. The lowest BCUT2D eigenvalue weighted by Crippen LogP contribution is -2.43. The average Bonchev–Trinajstić information content (AvgIpc) is 2.32. The van der Waals surface area contributed by atoms with Gasteiger partial charge in [-0.2, -0.15) is 0 Å². The van der Waals surface area contributed by atoms with Gasteiger partial charge in [-0.05, 0) is 62.3 Å². The second-order valence-electron chi connectivity index (χ2n) is 6.53. The number of likely N-dealkylation sites (N-methyl/N-ethyl adjacent to an activating group) is 1. The zero-order valence-electron chi connectivity index (χ0n) is 13.9. The monoisotopic (exact) mass is 261 g/mol. The molecule has 0 amide bonds. The molecule has 0 radical (unpaired) electrons. The fourth-order valence-electron chi connectivity index (χ4n) is 2.85. The third kappa shape index (κ3) is 4.07. The Morgan fingerprint density at radius 3 is 2.00 bits per heavy atom. The molecule has 1 N–H and O–H groups in total. The molecular weight excluding hydrogens is 230 g/mol. The molecule has 108 valence electrons. The molecule has 1 aromatic carbocycles. The van der Waals surface area contributed by atoms with Crippen LogP contribution in [0.4, 0.5) is 0 Å². The Morgan fingerprint density at radius 1 is 1.05 bits per heavy atom. The van der Waals surface area contributed by atoms with E-state index in [1.807, 2.05) is 0 Å². The average molecular weight is 261 g/mol. The van der Waals surface area contributed by atoms with Crippen LogP contribution in [0.1, 0.15) is 56.4 Å². The van der Waals surface area contributed by atoms with Gasteiger partial charge in [0.15, 0.2) is 0 Å². The van der Waals surface area contributed by atoms with Gasteiger partial charge in [0, 0.05) is 6.04 Å². The minimum Gasteiger partial charge on any atom is -0.313 e. The highest BCUT2D eigenvalue weighted by Crippen LogP contribution is 2.29. The van der Waals surface area contributed by atoms with E-state index in [1.54, 1.807) is 0 Å². The number of hydrogen-bond acceptors (Lipinski definition) is 1. The smallest absolute Gasteiger partial charge is 0.0159 e. The summed E-state index contributed by atoms with van der Waals surface area (Å²) >= 11 is 0. The van der Waals surface area contributed by atoms with Gasteiger partial charge in [0.1, 0.15) is 0 Å². The van der Waals surface area contributed by atoms with E-state index in [9.17, 15) is 0 Å². The van der Waals surface area contributed by atoms with Gasteiger partial charge in [0.25, 0.3) is 0 Å². The van der Waals surface area contributed by atoms with Gasteiger partial charge >= 0.3 is 0 Å². The lowest BCUT2D eigenvalue weighted by Gasteiger charge is -2.35. The van der Waals surface area contributed by atoms with E-state index in [1.165, 1.54) is 28.7 Å². The van der Waals surface area contributed by atoms with Crippen LogP contribution >= 0.6 is 0 Å². The molecule has 1 rings (SSSR count). The van der Waals surface area contributed by atoms with E-state index in [0.717, 1.165) is 13.0 Å². The molecule has 1 nitrogen and oxygen atoms in total. The SMILES string of the molecule is CCNC(Cc1c(C)cc(C)cc1C)C(C)(C)CC. The van der Waals surface area contributed by atoms with Gasteiger partial charge in [0.05, 0.1) is 0 Å². The summed E-state index contributed by atoms with van der Waals surface area (Å²) in [6.07, 6.45) is 2.33. The first-order valence-corrected chi connectivity index (χ1v) is 7.62. The van der Waals surface area contributed by atoms with Crippen molar-refractivity contribution < 1.29 is 0 Å². The molecule has 0 fully saturated rings. The van der Waals surface area contributed by atoms with E-state index < -0.39 is 0 Å². The van der Waals surface area contributed by atoms with Crippen LogP contribution in [0.3, 0.4) is 0 Å². The first-order chi connectivity index (χ1) is 8.81. The molecule has 0 aliphatic carbocycles. The van der Waals surface area contributed by atoms with Crippen LogP contribution < -0.4 is 5.32 Å². The van der Waals surface area contributed by atoms with Gasteiger partial charge in [0.2, 0.25) is 0 Å².